The minimum atomic E-state index is -1.52. The van der Waals surface area contributed by atoms with Crippen molar-refractivity contribution in [2.45, 2.75) is 111 Å². The van der Waals surface area contributed by atoms with Gasteiger partial charge in [0.25, 0.3) is 0 Å². The van der Waals surface area contributed by atoms with Gasteiger partial charge in [-0.1, -0.05) is 0 Å². The third-order valence-corrected chi connectivity index (χ3v) is 8.35. The molecule has 17 N–H and O–H groups in total. The largest absolute Gasteiger partial charge is 0.394 e. The van der Waals surface area contributed by atoms with Crippen LogP contribution in [-0.4, -0.2) is 144 Å². The fraction of sp³-hybridized carbons (Fsp3) is 0.960. The summed E-state index contributed by atoms with van der Waals surface area (Å²) in [6.45, 7) is 1.36. The third-order valence-electron chi connectivity index (χ3n) is 8.35. The molecule has 1 saturated carbocycles. The van der Waals surface area contributed by atoms with E-state index in [0.29, 0.717) is 25.9 Å². The fourth-order valence-electron chi connectivity index (χ4n) is 5.95. The molecule has 0 aromatic rings. The van der Waals surface area contributed by atoms with Crippen LogP contribution in [0.25, 0.3) is 0 Å². The number of aliphatic hydroxyl groups is 5. The van der Waals surface area contributed by atoms with Gasteiger partial charge in [-0.05, 0) is 51.7 Å². The monoisotopic (exact) mass is 593 g/mol. The molecule has 2 aliphatic heterocycles. The highest BCUT2D eigenvalue weighted by atomic mass is 16.7. The predicted octanol–water partition coefficient (Wildman–Crippen LogP) is -6.15. The van der Waals surface area contributed by atoms with Crippen LogP contribution in [0, 0.1) is 5.92 Å². The minimum absolute atomic E-state index is 0.0160. The number of amides is 1. The zero-order chi connectivity index (χ0) is 30.3. The van der Waals surface area contributed by atoms with E-state index in [2.05, 4.69) is 10.6 Å². The standard InChI is InChI=1S/C25H51N7O9/c26-5-1-7-31-9-11-2-3-12(28)22(39-11)17-13(29)8-14(32-24(38)15(34)4-6-27)23(20(17)36)41-25-21(37)18(30)19(35)16(10-33)40-25/h11-23,25,31,33-37H,1-10,26-30H2,(H,32,38)/t11-,12+,13-,14+,15-,16+,17?,18-,19+,20-,21+,22-,23-,25+/m0/s1. The number of carbonyl (C=O) groups is 1. The summed E-state index contributed by atoms with van der Waals surface area (Å²) < 4.78 is 18.0. The number of ether oxygens (including phenoxy) is 3. The average Bonchev–Trinajstić information content (AvgIpc) is 2.94. The van der Waals surface area contributed by atoms with Gasteiger partial charge in [0.05, 0.1) is 37.0 Å². The van der Waals surface area contributed by atoms with Gasteiger partial charge in [0.15, 0.2) is 6.29 Å². The number of rotatable bonds is 13. The van der Waals surface area contributed by atoms with E-state index in [9.17, 15) is 30.3 Å². The van der Waals surface area contributed by atoms with Crippen LogP contribution >= 0.6 is 0 Å². The Bertz CT molecular complexity index is 803. The van der Waals surface area contributed by atoms with Gasteiger partial charge >= 0.3 is 0 Å². The van der Waals surface area contributed by atoms with Gasteiger partial charge < -0.3 is 79.0 Å². The van der Waals surface area contributed by atoms with Gasteiger partial charge in [-0.2, -0.15) is 0 Å². The number of nitrogens with two attached hydrogens (primary N) is 5. The number of nitrogens with one attached hydrogen (secondary N) is 2. The number of aliphatic hydroxyl groups excluding tert-OH is 5. The molecule has 2 saturated heterocycles. The number of hydrogen-bond acceptors (Lipinski definition) is 15. The lowest BCUT2D eigenvalue weighted by Crippen LogP contribution is -2.69. The molecule has 2 heterocycles. The second-order valence-corrected chi connectivity index (χ2v) is 11.4. The summed E-state index contributed by atoms with van der Waals surface area (Å²) in [7, 11) is 0. The van der Waals surface area contributed by atoms with Crippen LogP contribution in [0.4, 0.5) is 0 Å². The van der Waals surface area contributed by atoms with Crippen LogP contribution < -0.4 is 39.3 Å². The van der Waals surface area contributed by atoms with Crippen LogP contribution in [0.1, 0.15) is 32.1 Å². The van der Waals surface area contributed by atoms with E-state index in [1.54, 1.807) is 0 Å². The first-order chi connectivity index (χ1) is 19.5. The summed E-state index contributed by atoms with van der Waals surface area (Å²) in [6, 6.07) is -3.26. The summed E-state index contributed by atoms with van der Waals surface area (Å²) in [6.07, 6.45) is -7.99. The van der Waals surface area contributed by atoms with E-state index < -0.39 is 91.6 Å². The van der Waals surface area contributed by atoms with Crippen molar-refractivity contribution in [3.63, 3.8) is 0 Å². The molecule has 0 bridgehead atoms. The summed E-state index contributed by atoms with van der Waals surface area (Å²) >= 11 is 0. The van der Waals surface area contributed by atoms with Crippen molar-refractivity contribution < 1.29 is 44.5 Å². The minimum Gasteiger partial charge on any atom is -0.394 e. The summed E-state index contributed by atoms with van der Waals surface area (Å²) in [5.41, 5.74) is 30.0. The number of hydrogen-bond donors (Lipinski definition) is 12. The highest BCUT2D eigenvalue weighted by molar-refractivity contribution is 5.80. The molecule has 240 valence electrons. The second kappa shape index (κ2) is 16.1. The van der Waals surface area contributed by atoms with Crippen molar-refractivity contribution >= 4 is 5.91 Å². The molecule has 16 heteroatoms. The van der Waals surface area contributed by atoms with Gasteiger partial charge in [-0.25, -0.2) is 0 Å². The lowest BCUT2D eigenvalue weighted by atomic mass is 9.72. The number of carbonyl (C=O) groups excluding carboxylic acids is 1. The van der Waals surface area contributed by atoms with E-state index in [1.807, 2.05) is 0 Å². The van der Waals surface area contributed by atoms with E-state index in [1.165, 1.54) is 0 Å². The van der Waals surface area contributed by atoms with Crippen molar-refractivity contribution in [1.29, 1.82) is 0 Å². The maximum Gasteiger partial charge on any atom is 0.249 e. The Morgan fingerprint density at radius 3 is 2.39 bits per heavy atom. The Labute approximate surface area is 240 Å². The molecule has 16 nitrogen and oxygen atoms in total. The smallest absolute Gasteiger partial charge is 0.249 e. The highest BCUT2D eigenvalue weighted by Gasteiger charge is 2.53. The molecule has 3 aliphatic rings. The molecule has 0 aromatic heterocycles. The van der Waals surface area contributed by atoms with Crippen molar-refractivity contribution in [3.8, 4) is 0 Å². The zero-order valence-corrected chi connectivity index (χ0v) is 23.4. The Morgan fingerprint density at radius 2 is 1.73 bits per heavy atom. The maximum absolute atomic E-state index is 12.7. The normalized spacial score (nSPS) is 42.5. The van der Waals surface area contributed by atoms with Gasteiger partial charge in [0.1, 0.15) is 30.5 Å². The topological polar surface area (TPSA) is 300 Å². The molecule has 1 amide bonds. The first-order valence-corrected chi connectivity index (χ1v) is 14.5. The summed E-state index contributed by atoms with van der Waals surface area (Å²) in [5.74, 6) is -1.45. The maximum atomic E-state index is 12.7. The van der Waals surface area contributed by atoms with Crippen molar-refractivity contribution in [2.24, 2.45) is 34.6 Å². The first-order valence-electron chi connectivity index (χ1n) is 14.5. The molecular weight excluding hydrogens is 542 g/mol. The van der Waals surface area contributed by atoms with Gasteiger partial charge in [0.2, 0.25) is 5.91 Å². The quantitative estimate of drug-likeness (QED) is 0.0884. The Kier molecular flexibility index (Phi) is 13.5. The van der Waals surface area contributed by atoms with Gasteiger partial charge in [-0.15, -0.1) is 0 Å². The van der Waals surface area contributed by atoms with Crippen molar-refractivity contribution in [3.05, 3.63) is 0 Å². The first kappa shape index (κ1) is 34.4. The second-order valence-electron chi connectivity index (χ2n) is 11.4. The van der Waals surface area contributed by atoms with Crippen LogP contribution in [0.3, 0.4) is 0 Å². The molecule has 3 rings (SSSR count). The van der Waals surface area contributed by atoms with E-state index in [4.69, 9.17) is 42.9 Å². The SMILES string of the molecule is NCCCNC[C@@H]1CC[C@@H](N)[C@@H](C2[C@@H](N)C[C@@H](NC(=O)[C@@H](O)CCN)[C@H](O[C@H]3O[C@H](CO)[C@@H](O)[C@H](N)[C@H]3O)[C@H]2O)O1. The third kappa shape index (κ3) is 8.51. The molecule has 1 unspecified atom stereocenters. The van der Waals surface area contributed by atoms with E-state index in [0.717, 1.165) is 13.0 Å². The molecule has 14 atom stereocenters. The predicted molar refractivity (Wildman–Crippen MR) is 147 cm³/mol. The molecule has 41 heavy (non-hydrogen) atoms. The van der Waals surface area contributed by atoms with Crippen LogP contribution in [0.15, 0.2) is 0 Å². The summed E-state index contributed by atoms with van der Waals surface area (Å²) in [4.78, 5) is 12.7. The highest BCUT2D eigenvalue weighted by Crippen LogP contribution is 2.36. The Morgan fingerprint density at radius 1 is 1.00 bits per heavy atom. The molecule has 3 fully saturated rings. The molecule has 0 spiro atoms. The molecule has 0 radical (unpaired) electrons. The van der Waals surface area contributed by atoms with Crippen molar-refractivity contribution in [2.75, 3.05) is 32.8 Å². The lowest BCUT2D eigenvalue weighted by molar-refractivity contribution is -0.306. The Hall–Kier alpha value is -1.09. The Balaban J connectivity index is 1.83. The zero-order valence-electron chi connectivity index (χ0n) is 23.4. The lowest BCUT2D eigenvalue weighted by Gasteiger charge is -2.51. The van der Waals surface area contributed by atoms with Crippen LogP contribution in [0.5, 0.6) is 0 Å². The van der Waals surface area contributed by atoms with Crippen molar-refractivity contribution in [1.82, 2.24) is 10.6 Å². The van der Waals surface area contributed by atoms with E-state index >= 15 is 0 Å². The molecule has 1 aliphatic carbocycles. The van der Waals surface area contributed by atoms with Gasteiger partial charge in [-0.3, -0.25) is 4.79 Å². The van der Waals surface area contributed by atoms with Crippen LogP contribution in [0.2, 0.25) is 0 Å². The fourth-order valence-corrected chi connectivity index (χ4v) is 5.95. The average molecular weight is 594 g/mol. The van der Waals surface area contributed by atoms with Gasteiger partial charge in [0, 0.05) is 24.5 Å². The van der Waals surface area contributed by atoms with E-state index in [-0.39, 0.29) is 25.5 Å². The van der Waals surface area contributed by atoms with Crippen LogP contribution in [-0.2, 0) is 19.0 Å². The molecule has 0 aromatic carbocycles. The summed E-state index contributed by atoms with van der Waals surface area (Å²) in [5, 5.41) is 58.4. The molecular formula is C25H51N7O9.